The molecule has 2 aromatic rings. The van der Waals surface area contributed by atoms with Gasteiger partial charge in [-0.2, -0.15) is 0 Å². The predicted molar refractivity (Wildman–Crippen MR) is 110 cm³/mol. The summed E-state index contributed by atoms with van der Waals surface area (Å²) in [6.07, 6.45) is 0. The molecule has 0 spiro atoms. The van der Waals surface area contributed by atoms with Crippen LogP contribution in [0.1, 0.15) is 18.5 Å². The van der Waals surface area contributed by atoms with Gasteiger partial charge in [-0.1, -0.05) is 17.7 Å². The van der Waals surface area contributed by atoms with Crippen molar-refractivity contribution in [2.24, 2.45) is 0 Å². The Balaban J connectivity index is 1.99. The van der Waals surface area contributed by atoms with Gasteiger partial charge in [0.2, 0.25) is 0 Å². The van der Waals surface area contributed by atoms with Crippen molar-refractivity contribution in [3.8, 4) is 5.75 Å². The Bertz CT molecular complexity index is 720. The van der Waals surface area contributed by atoms with Crippen LogP contribution in [0.2, 0.25) is 5.02 Å². The van der Waals surface area contributed by atoms with Crippen LogP contribution in [0.4, 0.5) is 10.1 Å². The molecule has 140 valence electrons. The third kappa shape index (κ3) is 5.56. The van der Waals surface area contributed by atoms with E-state index in [1.807, 2.05) is 50.2 Å². The first-order valence-corrected chi connectivity index (χ1v) is 9.09. The maximum Gasteiger partial charge on any atom is 0.170 e. The summed E-state index contributed by atoms with van der Waals surface area (Å²) in [4.78, 5) is 1.90. The SMILES string of the molecule is CCOc1ccc(NC(=S)NC[C@H](c2c(F)cccc2Cl)N(C)C)cc1. The van der Waals surface area contributed by atoms with Crippen molar-refractivity contribution in [1.82, 2.24) is 10.2 Å². The predicted octanol–water partition coefficient (Wildman–Crippen LogP) is 4.47. The van der Waals surface area contributed by atoms with E-state index in [-0.39, 0.29) is 11.9 Å². The maximum atomic E-state index is 14.2. The molecule has 0 amide bonds. The molecule has 0 aliphatic carbocycles. The van der Waals surface area contributed by atoms with E-state index >= 15 is 0 Å². The molecule has 7 heteroatoms. The lowest BCUT2D eigenvalue weighted by molar-refractivity contribution is 0.292. The zero-order valence-corrected chi connectivity index (χ0v) is 16.6. The summed E-state index contributed by atoms with van der Waals surface area (Å²) < 4.78 is 19.6. The van der Waals surface area contributed by atoms with E-state index in [2.05, 4.69) is 10.6 Å². The summed E-state index contributed by atoms with van der Waals surface area (Å²) in [5.74, 6) is 0.474. The summed E-state index contributed by atoms with van der Waals surface area (Å²) in [5.41, 5.74) is 1.30. The van der Waals surface area contributed by atoms with Gasteiger partial charge >= 0.3 is 0 Å². The van der Waals surface area contributed by atoms with Crippen molar-refractivity contribution in [2.75, 3.05) is 32.6 Å². The van der Waals surface area contributed by atoms with Gasteiger partial charge in [-0.25, -0.2) is 4.39 Å². The van der Waals surface area contributed by atoms with Crippen molar-refractivity contribution in [3.63, 3.8) is 0 Å². The molecule has 4 nitrogen and oxygen atoms in total. The van der Waals surface area contributed by atoms with Gasteiger partial charge in [0, 0.05) is 22.8 Å². The third-order valence-electron chi connectivity index (χ3n) is 3.84. The lowest BCUT2D eigenvalue weighted by atomic mass is 10.1. The number of nitrogens with zero attached hydrogens (tertiary/aromatic N) is 1. The molecule has 0 aliphatic rings. The van der Waals surface area contributed by atoms with E-state index < -0.39 is 0 Å². The van der Waals surface area contributed by atoms with Gasteiger partial charge in [0.15, 0.2) is 5.11 Å². The molecule has 1 atom stereocenters. The normalized spacial score (nSPS) is 11.9. The highest BCUT2D eigenvalue weighted by atomic mass is 35.5. The number of thiocarbonyl (C=S) groups is 1. The largest absolute Gasteiger partial charge is 0.494 e. The van der Waals surface area contributed by atoms with Gasteiger partial charge in [0.25, 0.3) is 0 Å². The number of anilines is 1. The second-order valence-corrected chi connectivity index (χ2v) is 6.72. The highest BCUT2D eigenvalue weighted by Crippen LogP contribution is 2.28. The lowest BCUT2D eigenvalue weighted by Gasteiger charge is -2.27. The van der Waals surface area contributed by atoms with E-state index in [0.717, 1.165) is 11.4 Å². The van der Waals surface area contributed by atoms with Gasteiger partial charge in [0.1, 0.15) is 11.6 Å². The molecule has 0 saturated carbocycles. The minimum atomic E-state index is -0.330. The molecule has 0 aromatic heterocycles. The van der Waals surface area contributed by atoms with Crippen molar-refractivity contribution < 1.29 is 9.13 Å². The number of ether oxygens (including phenoxy) is 1. The monoisotopic (exact) mass is 395 g/mol. The van der Waals surface area contributed by atoms with Crippen LogP contribution in [0.5, 0.6) is 5.75 Å². The minimum Gasteiger partial charge on any atom is -0.494 e. The number of hydrogen-bond acceptors (Lipinski definition) is 3. The first-order chi connectivity index (χ1) is 12.4. The van der Waals surface area contributed by atoms with Crippen LogP contribution in [0.3, 0.4) is 0 Å². The minimum absolute atomic E-state index is 0.260. The van der Waals surface area contributed by atoms with E-state index in [4.69, 9.17) is 28.6 Å². The van der Waals surface area contributed by atoms with E-state index in [9.17, 15) is 4.39 Å². The van der Waals surface area contributed by atoms with Crippen molar-refractivity contribution >= 4 is 34.6 Å². The Morgan fingerprint density at radius 1 is 1.23 bits per heavy atom. The summed E-state index contributed by atoms with van der Waals surface area (Å²) in [6, 6.07) is 11.9. The molecule has 2 N–H and O–H groups in total. The molecular weight excluding hydrogens is 373 g/mol. The van der Waals surface area contributed by atoms with Crippen LogP contribution in [-0.4, -0.2) is 37.3 Å². The maximum absolute atomic E-state index is 14.2. The van der Waals surface area contributed by atoms with Crippen LogP contribution in [0.25, 0.3) is 0 Å². The second kappa shape index (κ2) is 9.71. The van der Waals surface area contributed by atoms with Crippen molar-refractivity contribution in [2.45, 2.75) is 13.0 Å². The molecule has 0 aliphatic heterocycles. The third-order valence-corrected chi connectivity index (χ3v) is 4.41. The molecular formula is C19H23ClFN3OS. The summed E-state index contributed by atoms with van der Waals surface area (Å²) >= 11 is 11.5. The molecule has 2 rings (SSSR count). The number of halogens is 2. The fourth-order valence-electron chi connectivity index (χ4n) is 2.54. The zero-order valence-electron chi connectivity index (χ0n) is 15.1. The Labute approximate surface area is 164 Å². The summed E-state index contributed by atoms with van der Waals surface area (Å²) in [5, 5.41) is 7.08. The van der Waals surface area contributed by atoms with Crippen molar-refractivity contribution in [3.05, 3.63) is 58.9 Å². The first kappa shape index (κ1) is 20.4. The molecule has 0 heterocycles. The Morgan fingerprint density at radius 2 is 1.92 bits per heavy atom. The number of likely N-dealkylation sites (N-methyl/N-ethyl adjacent to an activating group) is 1. The number of hydrogen-bond donors (Lipinski definition) is 2. The van der Waals surface area contributed by atoms with Crippen LogP contribution in [0.15, 0.2) is 42.5 Å². The highest BCUT2D eigenvalue weighted by Gasteiger charge is 2.21. The van der Waals surface area contributed by atoms with E-state index in [0.29, 0.717) is 28.9 Å². The van der Waals surface area contributed by atoms with Crippen LogP contribution < -0.4 is 15.4 Å². The quantitative estimate of drug-likeness (QED) is 0.676. The fourth-order valence-corrected chi connectivity index (χ4v) is 3.03. The molecule has 0 unspecified atom stereocenters. The average molecular weight is 396 g/mol. The van der Waals surface area contributed by atoms with Gasteiger partial charge < -0.3 is 20.3 Å². The zero-order chi connectivity index (χ0) is 19.1. The van der Waals surface area contributed by atoms with E-state index in [1.54, 1.807) is 12.1 Å². The van der Waals surface area contributed by atoms with Crippen LogP contribution in [-0.2, 0) is 0 Å². The number of benzene rings is 2. The first-order valence-electron chi connectivity index (χ1n) is 8.30. The van der Waals surface area contributed by atoms with E-state index in [1.165, 1.54) is 6.07 Å². The lowest BCUT2D eigenvalue weighted by Crippen LogP contribution is -2.37. The number of nitrogens with one attached hydrogen (secondary N) is 2. The molecule has 0 saturated heterocycles. The Kier molecular flexibility index (Phi) is 7.63. The van der Waals surface area contributed by atoms with Crippen LogP contribution in [0, 0.1) is 5.82 Å². The van der Waals surface area contributed by atoms with Gasteiger partial charge in [-0.15, -0.1) is 0 Å². The molecule has 26 heavy (non-hydrogen) atoms. The Morgan fingerprint density at radius 3 is 2.50 bits per heavy atom. The smallest absolute Gasteiger partial charge is 0.170 e. The van der Waals surface area contributed by atoms with Gasteiger partial charge in [-0.3, -0.25) is 0 Å². The molecule has 0 bridgehead atoms. The molecule has 2 aromatic carbocycles. The fraction of sp³-hybridized carbons (Fsp3) is 0.316. The highest BCUT2D eigenvalue weighted by molar-refractivity contribution is 7.80. The van der Waals surface area contributed by atoms with Crippen molar-refractivity contribution in [1.29, 1.82) is 0 Å². The second-order valence-electron chi connectivity index (χ2n) is 5.91. The Hall–Kier alpha value is -1.89. The van der Waals surface area contributed by atoms with Gasteiger partial charge in [0.05, 0.1) is 12.6 Å². The van der Waals surface area contributed by atoms with Gasteiger partial charge in [-0.05, 0) is 69.6 Å². The average Bonchev–Trinajstić information content (AvgIpc) is 2.59. The topological polar surface area (TPSA) is 36.5 Å². The van der Waals surface area contributed by atoms with Crippen LogP contribution >= 0.6 is 23.8 Å². The summed E-state index contributed by atoms with van der Waals surface area (Å²) in [7, 11) is 3.75. The standard InChI is InChI=1S/C19H23ClFN3OS/c1-4-25-14-10-8-13(9-11-14)23-19(26)22-12-17(24(2)3)18-15(20)6-5-7-16(18)21/h5-11,17H,4,12H2,1-3H3,(H2,22,23,26)/t17-/m1/s1. The molecule has 0 radical (unpaired) electrons. The molecule has 0 fully saturated rings. The summed E-state index contributed by atoms with van der Waals surface area (Å²) in [6.45, 7) is 2.97. The number of rotatable bonds is 7.